The van der Waals surface area contributed by atoms with Crippen LogP contribution in [-0.4, -0.2) is 50.5 Å². The molecule has 1 aliphatic rings. The molecule has 0 aliphatic heterocycles. The lowest BCUT2D eigenvalue weighted by atomic mass is 10.1. The summed E-state index contributed by atoms with van der Waals surface area (Å²) in [5, 5.41) is 10.7. The predicted molar refractivity (Wildman–Crippen MR) is 126 cm³/mol. The second-order valence-electron chi connectivity index (χ2n) is 8.16. The van der Waals surface area contributed by atoms with Crippen molar-refractivity contribution < 1.29 is 13.9 Å². The molecule has 1 aliphatic carbocycles. The lowest BCUT2D eigenvalue weighted by Gasteiger charge is -2.17. The van der Waals surface area contributed by atoms with Crippen LogP contribution in [0.25, 0.3) is 22.3 Å². The molecule has 0 bridgehead atoms. The number of H-pyrrole nitrogens is 1. The largest absolute Gasteiger partial charge is 0.494 e. The highest BCUT2D eigenvalue weighted by Gasteiger charge is 2.31. The van der Waals surface area contributed by atoms with E-state index in [1.54, 1.807) is 24.1 Å². The third kappa shape index (κ3) is 4.32. The number of nitrogens with zero attached hydrogens (tertiary/aromatic N) is 4. The fourth-order valence-corrected chi connectivity index (χ4v) is 4.83. The van der Waals surface area contributed by atoms with Crippen molar-refractivity contribution in [3.63, 3.8) is 0 Å². The number of hydrogen-bond acceptors (Lipinski definition) is 5. The van der Waals surface area contributed by atoms with Gasteiger partial charge in [0.2, 0.25) is 5.91 Å². The van der Waals surface area contributed by atoms with Crippen molar-refractivity contribution in [3.05, 3.63) is 60.0 Å². The molecule has 4 aromatic rings. The van der Waals surface area contributed by atoms with Gasteiger partial charge in [-0.05, 0) is 36.6 Å². The van der Waals surface area contributed by atoms with Gasteiger partial charge in [0, 0.05) is 42.3 Å². The summed E-state index contributed by atoms with van der Waals surface area (Å²) in [6, 6.07) is 13.2. The van der Waals surface area contributed by atoms with Gasteiger partial charge in [0.05, 0.1) is 12.9 Å². The molecule has 5 rings (SSSR count). The fourth-order valence-electron chi connectivity index (χ4n) is 3.88. The van der Waals surface area contributed by atoms with Crippen LogP contribution in [0.3, 0.4) is 0 Å². The van der Waals surface area contributed by atoms with E-state index >= 15 is 0 Å². The van der Waals surface area contributed by atoms with E-state index in [9.17, 15) is 9.18 Å². The number of rotatable bonds is 8. The maximum absolute atomic E-state index is 14.0. The Kier molecular flexibility index (Phi) is 5.80. The number of benzene rings is 2. The van der Waals surface area contributed by atoms with Crippen LogP contribution in [0.5, 0.6) is 5.75 Å². The minimum absolute atomic E-state index is 0.0600. The number of nitrogens with one attached hydrogen (secondary N) is 1. The Morgan fingerprint density at radius 1 is 1.27 bits per heavy atom. The fraction of sp³-hybridized carbons (Fsp3) is 0.292. The maximum Gasteiger partial charge on any atom is 0.233 e. The van der Waals surface area contributed by atoms with Gasteiger partial charge in [0.25, 0.3) is 0 Å². The number of aromatic nitrogens is 4. The number of hydrogen-bond donors (Lipinski definition) is 1. The van der Waals surface area contributed by atoms with Gasteiger partial charge in [-0.2, -0.15) is 0 Å². The lowest BCUT2D eigenvalue weighted by molar-refractivity contribution is -0.127. The van der Waals surface area contributed by atoms with Gasteiger partial charge in [0.1, 0.15) is 0 Å². The molecule has 0 atom stereocenters. The van der Waals surface area contributed by atoms with E-state index in [0.717, 1.165) is 40.3 Å². The van der Waals surface area contributed by atoms with Crippen molar-refractivity contribution in [2.24, 2.45) is 0 Å². The van der Waals surface area contributed by atoms with Crippen molar-refractivity contribution in [1.29, 1.82) is 0 Å². The Morgan fingerprint density at radius 2 is 2.09 bits per heavy atom. The van der Waals surface area contributed by atoms with Gasteiger partial charge in [-0.3, -0.25) is 9.36 Å². The van der Waals surface area contributed by atoms with E-state index in [1.807, 2.05) is 24.4 Å². The highest BCUT2D eigenvalue weighted by molar-refractivity contribution is 7.99. The molecule has 1 amide bonds. The minimum atomic E-state index is -0.437. The minimum Gasteiger partial charge on any atom is -0.494 e. The molecule has 1 saturated carbocycles. The first-order valence-electron chi connectivity index (χ1n) is 10.8. The Balaban J connectivity index is 1.30. The summed E-state index contributed by atoms with van der Waals surface area (Å²) in [5.74, 6) is 0.747. The summed E-state index contributed by atoms with van der Waals surface area (Å²) in [6.45, 7) is 0.316. The van der Waals surface area contributed by atoms with E-state index in [0.29, 0.717) is 18.2 Å². The normalized spacial score (nSPS) is 13.4. The van der Waals surface area contributed by atoms with Crippen molar-refractivity contribution >= 4 is 28.6 Å². The Labute approximate surface area is 195 Å². The third-order valence-electron chi connectivity index (χ3n) is 5.79. The molecule has 0 saturated heterocycles. The summed E-state index contributed by atoms with van der Waals surface area (Å²) < 4.78 is 21.1. The van der Waals surface area contributed by atoms with Crippen LogP contribution in [0.1, 0.15) is 24.4 Å². The lowest BCUT2D eigenvalue weighted by Crippen LogP contribution is -2.28. The molecular weight excluding hydrogens is 441 g/mol. The van der Waals surface area contributed by atoms with Crippen LogP contribution in [0.2, 0.25) is 0 Å². The van der Waals surface area contributed by atoms with Crippen molar-refractivity contribution in [3.8, 4) is 17.1 Å². The molecule has 0 radical (unpaired) electrons. The van der Waals surface area contributed by atoms with Gasteiger partial charge < -0.3 is 14.6 Å². The number of methoxy groups -OCH3 is 1. The monoisotopic (exact) mass is 465 g/mol. The molecule has 2 aromatic carbocycles. The van der Waals surface area contributed by atoms with E-state index in [-0.39, 0.29) is 17.4 Å². The Morgan fingerprint density at radius 3 is 2.85 bits per heavy atom. The Bertz CT molecular complexity index is 1310. The third-order valence-corrected chi connectivity index (χ3v) is 6.72. The van der Waals surface area contributed by atoms with E-state index < -0.39 is 5.82 Å². The second kappa shape index (κ2) is 8.90. The van der Waals surface area contributed by atoms with Gasteiger partial charge >= 0.3 is 0 Å². The highest BCUT2D eigenvalue weighted by Crippen LogP contribution is 2.42. The maximum atomic E-state index is 14.0. The SMILES string of the molecule is COc1ccc(CN(C)C(=O)CSc2nnc(-c3c[nH]c4ccccc34)n2C2CC2)cc1F. The number of para-hydroxylation sites is 1. The molecule has 1 N–H and O–H groups in total. The van der Waals surface area contributed by atoms with E-state index in [4.69, 9.17) is 4.74 Å². The van der Waals surface area contributed by atoms with Crippen LogP contribution < -0.4 is 4.74 Å². The molecule has 0 unspecified atom stereocenters. The summed E-state index contributed by atoms with van der Waals surface area (Å²) in [4.78, 5) is 17.6. The molecular formula is C24H24FN5O2S. The standard InChI is InChI=1S/C24H24FN5O2S/c1-29(13-15-7-10-21(32-2)19(25)11-15)22(31)14-33-24-28-27-23(30(24)16-8-9-16)18-12-26-20-6-4-3-5-17(18)20/h3-7,10-12,16,26H,8-9,13-14H2,1-2H3. The second-order valence-corrected chi connectivity index (χ2v) is 9.11. The number of carbonyl (C=O) groups is 1. The highest BCUT2D eigenvalue weighted by atomic mass is 32.2. The van der Waals surface area contributed by atoms with Crippen LogP contribution >= 0.6 is 11.8 Å². The molecule has 2 heterocycles. The summed E-state index contributed by atoms with van der Waals surface area (Å²) in [7, 11) is 3.14. The molecule has 1 fully saturated rings. The van der Waals surface area contributed by atoms with Gasteiger partial charge in [-0.25, -0.2) is 4.39 Å². The van der Waals surface area contributed by atoms with Crippen LogP contribution in [0.4, 0.5) is 4.39 Å². The topological polar surface area (TPSA) is 76.0 Å². The molecule has 0 spiro atoms. The summed E-state index contributed by atoms with van der Waals surface area (Å²) >= 11 is 1.39. The van der Waals surface area contributed by atoms with Crippen molar-refractivity contribution in [2.45, 2.75) is 30.6 Å². The molecule has 7 nitrogen and oxygen atoms in total. The number of aromatic amines is 1. The van der Waals surface area contributed by atoms with Crippen LogP contribution in [0.15, 0.2) is 53.8 Å². The average molecular weight is 466 g/mol. The van der Waals surface area contributed by atoms with Crippen molar-refractivity contribution in [2.75, 3.05) is 19.9 Å². The van der Waals surface area contributed by atoms with Gasteiger partial charge in [-0.1, -0.05) is 36.0 Å². The number of amides is 1. The van der Waals surface area contributed by atoms with Crippen LogP contribution in [0, 0.1) is 5.82 Å². The quantitative estimate of drug-likeness (QED) is 0.383. The first-order chi connectivity index (χ1) is 16.0. The number of ether oxygens (including phenoxy) is 1. The Hall–Kier alpha value is -3.33. The van der Waals surface area contributed by atoms with E-state index in [1.165, 1.54) is 24.9 Å². The van der Waals surface area contributed by atoms with Gasteiger partial charge in [-0.15, -0.1) is 10.2 Å². The summed E-state index contributed by atoms with van der Waals surface area (Å²) in [6.07, 6.45) is 4.13. The first kappa shape index (κ1) is 21.5. The number of fused-ring (bicyclic) bond motifs is 1. The number of carbonyl (C=O) groups excluding carboxylic acids is 1. The van der Waals surface area contributed by atoms with Crippen molar-refractivity contribution in [1.82, 2.24) is 24.6 Å². The van der Waals surface area contributed by atoms with Crippen LogP contribution in [-0.2, 0) is 11.3 Å². The predicted octanol–water partition coefficient (Wildman–Crippen LogP) is 4.66. The molecule has 170 valence electrons. The number of halogens is 1. The zero-order valence-corrected chi connectivity index (χ0v) is 19.2. The average Bonchev–Trinajstić information content (AvgIpc) is 3.43. The zero-order chi connectivity index (χ0) is 22.9. The molecule has 9 heteroatoms. The smallest absolute Gasteiger partial charge is 0.233 e. The van der Waals surface area contributed by atoms with E-state index in [2.05, 4.69) is 25.8 Å². The molecule has 33 heavy (non-hydrogen) atoms. The zero-order valence-electron chi connectivity index (χ0n) is 18.4. The first-order valence-corrected chi connectivity index (χ1v) is 11.7. The summed E-state index contributed by atoms with van der Waals surface area (Å²) in [5.41, 5.74) is 2.78. The molecule has 2 aromatic heterocycles. The number of thioether (sulfide) groups is 1. The van der Waals surface area contributed by atoms with Gasteiger partial charge in [0.15, 0.2) is 22.5 Å².